The summed E-state index contributed by atoms with van der Waals surface area (Å²) >= 11 is 0. The van der Waals surface area contributed by atoms with Gasteiger partial charge in [-0.1, -0.05) is 18.2 Å². The molecule has 0 fully saturated rings. The Kier molecular flexibility index (Phi) is 5.10. The van der Waals surface area contributed by atoms with Crippen molar-refractivity contribution in [1.82, 2.24) is 0 Å². The Morgan fingerprint density at radius 3 is 2.57 bits per heavy atom. The van der Waals surface area contributed by atoms with Gasteiger partial charge in [0.15, 0.2) is 6.61 Å². The molecule has 0 heterocycles. The van der Waals surface area contributed by atoms with Gasteiger partial charge in [-0.2, -0.15) is 13.2 Å². The van der Waals surface area contributed by atoms with Gasteiger partial charge >= 0.3 is 6.18 Å². The molecule has 0 bridgehead atoms. The average Bonchev–Trinajstić information content (AvgIpc) is 2.53. The van der Waals surface area contributed by atoms with E-state index in [1.807, 2.05) is 0 Å². The molecule has 2 aromatic rings. The van der Waals surface area contributed by atoms with Crippen molar-refractivity contribution in [3.05, 3.63) is 54.1 Å². The molecule has 0 radical (unpaired) electrons. The zero-order chi connectivity index (χ0) is 16.9. The molecule has 1 amide bonds. The molecular formula is C16H14F3NO3. The number of alkyl halides is 3. The number of halogens is 3. The number of ether oxygens (including phenoxy) is 2. The van der Waals surface area contributed by atoms with Crippen LogP contribution in [0.5, 0.6) is 11.5 Å². The van der Waals surface area contributed by atoms with E-state index in [2.05, 4.69) is 5.32 Å². The molecule has 0 saturated carbocycles. The Balaban J connectivity index is 2.14. The number of amides is 1. The third kappa shape index (κ3) is 4.91. The van der Waals surface area contributed by atoms with Crippen molar-refractivity contribution >= 4 is 11.6 Å². The van der Waals surface area contributed by atoms with Gasteiger partial charge < -0.3 is 14.8 Å². The lowest BCUT2D eigenvalue weighted by Gasteiger charge is -2.14. The van der Waals surface area contributed by atoms with E-state index < -0.39 is 18.7 Å². The predicted octanol–water partition coefficient (Wildman–Crippen LogP) is 3.89. The zero-order valence-electron chi connectivity index (χ0n) is 12.2. The fourth-order valence-electron chi connectivity index (χ4n) is 1.81. The summed E-state index contributed by atoms with van der Waals surface area (Å²) in [7, 11) is 1.47. The maximum absolute atomic E-state index is 12.3. The van der Waals surface area contributed by atoms with Gasteiger partial charge in [0.2, 0.25) is 0 Å². The van der Waals surface area contributed by atoms with E-state index >= 15 is 0 Å². The maximum Gasteiger partial charge on any atom is 0.422 e. The van der Waals surface area contributed by atoms with E-state index in [4.69, 9.17) is 9.47 Å². The number of carbonyl (C=O) groups is 1. The first-order chi connectivity index (χ1) is 10.9. The van der Waals surface area contributed by atoms with Gasteiger partial charge in [-0.15, -0.1) is 0 Å². The van der Waals surface area contributed by atoms with Gasteiger partial charge in [-0.05, 0) is 30.3 Å². The van der Waals surface area contributed by atoms with Crippen LogP contribution in [0.15, 0.2) is 48.5 Å². The topological polar surface area (TPSA) is 47.6 Å². The van der Waals surface area contributed by atoms with Crippen molar-refractivity contribution in [1.29, 1.82) is 0 Å². The molecule has 2 aromatic carbocycles. The predicted molar refractivity (Wildman–Crippen MR) is 78.9 cm³/mol. The van der Waals surface area contributed by atoms with Crippen molar-refractivity contribution < 1.29 is 27.4 Å². The highest BCUT2D eigenvalue weighted by Crippen LogP contribution is 2.27. The van der Waals surface area contributed by atoms with E-state index in [-0.39, 0.29) is 11.4 Å². The monoisotopic (exact) mass is 325 g/mol. The first-order valence-electron chi connectivity index (χ1n) is 6.63. The standard InChI is InChI=1S/C16H14F3NO3/c1-22-12-6-4-5-11(9-12)15(21)20-13-7-2-3-8-14(13)23-10-16(17,18)19/h2-9H,10H2,1H3,(H,20,21). The molecule has 0 atom stereocenters. The smallest absolute Gasteiger partial charge is 0.422 e. The fraction of sp³-hybridized carbons (Fsp3) is 0.188. The summed E-state index contributed by atoms with van der Waals surface area (Å²) in [4.78, 5) is 12.2. The third-order valence-electron chi connectivity index (χ3n) is 2.86. The molecule has 0 aromatic heterocycles. The summed E-state index contributed by atoms with van der Waals surface area (Å²) in [6, 6.07) is 12.3. The van der Waals surface area contributed by atoms with Crippen LogP contribution in [0, 0.1) is 0 Å². The molecule has 4 nitrogen and oxygen atoms in total. The van der Waals surface area contributed by atoms with Crippen molar-refractivity contribution in [2.24, 2.45) is 0 Å². The van der Waals surface area contributed by atoms with Gasteiger partial charge in [0.25, 0.3) is 5.91 Å². The van der Waals surface area contributed by atoms with Crippen molar-refractivity contribution in [2.75, 3.05) is 19.0 Å². The van der Waals surface area contributed by atoms with Crippen LogP contribution in [0.1, 0.15) is 10.4 Å². The SMILES string of the molecule is COc1cccc(C(=O)Nc2ccccc2OCC(F)(F)F)c1. The van der Waals surface area contributed by atoms with Gasteiger partial charge in [0.05, 0.1) is 12.8 Å². The summed E-state index contributed by atoms with van der Waals surface area (Å²) in [6.07, 6.45) is -4.45. The number of rotatable bonds is 5. The summed E-state index contributed by atoms with van der Waals surface area (Å²) in [6.45, 7) is -1.43. The lowest BCUT2D eigenvalue weighted by Crippen LogP contribution is -2.20. The Bertz CT molecular complexity index is 686. The van der Waals surface area contributed by atoms with Crippen LogP contribution in [0.3, 0.4) is 0 Å². The van der Waals surface area contributed by atoms with Crippen LogP contribution in [-0.4, -0.2) is 25.8 Å². The van der Waals surface area contributed by atoms with Crippen molar-refractivity contribution in [3.63, 3.8) is 0 Å². The Morgan fingerprint density at radius 1 is 1.13 bits per heavy atom. The van der Waals surface area contributed by atoms with Gasteiger partial charge in [-0.25, -0.2) is 0 Å². The molecule has 1 N–H and O–H groups in total. The van der Waals surface area contributed by atoms with Crippen LogP contribution in [0.4, 0.5) is 18.9 Å². The second-order valence-electron chi connectivity index (χ2n) is 4.59. The van der Waals surface area contributed by atoms with Gasteiger partial charge in [0.1, 0.15) is 11.5 Å². The highest BCUT2D eigenvalue weighted by atomic mass is 19.4. The van der Waals surface area contributed by atoms with Gasteiger partial charge in [0, 0.05) is 5.56 Å². The number of para-hydroxylation sites is 2. The normalized spacial score (nSPS) is 11.0. The first kappa shape index (κ1) is 16.7. The summed E-state index contributed by atoms with van der Waals surface area (Å²) < 4.78 is 46.5. The van der Waals surface area contributed by atoms with E-state index in [0.717, 1.165) is 0 Å². The Labute approximate surface area is 130 Å². The minimum atomic E-state index is -4.45. The quantitative estimate of drug-likeness (QED) is 0.907. The number of nitrogens with one attached hydrogen (secondary N) is 1. The molecular weight excluding hydrogens is 311 g/mol. The van der Waals surface area contributed by atoms with Crippen LogP contribution < -0.4 is 14.8 Å². The minimum absolute atomic E-state index is 0.0546. The largest absolute Gasteiger partial charge is 0.497 e. The molecule has 0 aliphatic heterocycles. The second-order valence-corrected chi connectivity index (χ2v) is 4.59. The number of hydrogen-bond acceptors (Lipinski definition) is 3. The molecule has 2 rings (SSSR count). The number of anilines is 1. The number of carbonyl (C=O) groups excluding carboxylic acids is 1. The molecule has 0 unspecified atom stereocenters. The number of benzene rings is 2. The zero-order valence-corrected chi connectivity index (χ0v) is 12.2. The molecule has 0 saturated heterocycles. The van der Waals surface area contributed by atoms with Gasteiger partial charge in [-0.3, -0.25) is 4.79 Å². The average molecular weight is 325 g/mol. The molecule has 122 valence electrons. The molecule has 0 aliphatic rings. The lowest BCUT2D eigenvalue weighted by atomic mass is 10.2. The maximum atomic E-state index is 12.3. The molecule has 23 heavy (non-hydrogen) atoms. The molecule has 7 heteroatoms. The molecule has 0 spiro atoms. The van der Waals surface area contributed by atoms with Crippen LogP contribution in [0.2, 0.25) is 0 Å². The highest BCUT2D eigenvalue weighted by molar-refractivity contribution is 6.05. The number of methoxy groups -OCH3 is 1. The van der Waals surface area contributed by atoms with E-state index in [0.29, 0.717) is 11.3 Å². The van der Waals surface area contributed by atoms with Crippen molar-refractivity contribution in [2.45, 2.75) is 6.18 Å². The summed E-state index contributed by atoms with van der Waals surface area (Å²) in [5.41, 5.74) is 0.472. The highest BCUT2D eigenvalue weighted by Gasteiger charge is 2.28. The van der Waals surface area contributed by atoms with E-state index in [1.54, 1.807) is 24.3 Å². The summed E-state index contributed by atoms with van der Waals surface area (Å²) in [5.74, 6) is -0.0349. The second kappa shape index (κ2) is 7.04. The molecule has 0 aliphatic carbocycles. The first-order valence-corrected chi connectivity index (χ1v) is 6.63. The number of hydrogen-bond donors (Lipinski definition) is 1. The summed E-state index contributed by atoms with van der Waals surface area (Å²) in [5, 5.41) is 2.53. The van der Waals surface area contributed by atoms with E-state index in [1.165, 1.54) is 31.4 Å². The van der Waals surface area contributed by atoms with Crippen molar-refractivity contribution in [3.8, 4) is 11.5 Å². The fourth-order valence-corrected chi connectivity index (χ4v) is 1.81. The van der Waals surface area contributed by atoms with E-state index in [9.17, 15) is 18.0 Å². The minimum Gasteiger partial charge on any atom is -0.497 e. The third-order valence-corrected chi connectivity index (χ3v) is 2.86. The Hall–Kier alpha value is -2.70. The van der Waals surface area contributed by atoms with Crippen LogP contribution >= 0.6 is 0 Å². The van der Waals surface area contributed by atoms with Crippen LogP contribution in [0.25, 0.3) is 0 Å². The van der Waals surface area contributed by atoms with Crippen LogP contribution in [-0.2, 0) is 0 Å². The Morgan fingerprint density at radius 2 is 1.87 bits per heavy atom. The lowest BCUT2D eigenvalue weighted by molar-refractivity contribution is -0.153.